The molecule has 1 N–H and O–H groups in total. The van der Waals surface area contributed by atoms with E-state index in [0.717, 1.165) is 5.56 Å². The lowest BCUT2D eigenvalue weighted by atomic mass is 10.1. The number of likely N-dealkylation sites (N-methyl/N-ethyl adjacent to an activating group) is 1. The molecule has 23 heavy (non-hydrogen) atoms. The molecule has 122 valence electrons. The summed E-state index contributed by atoms with van der Waals surface area (Å²) < 4.78 is 13.7. The maximum atomic E-state index is 13.7. The fourth-order valence-electron chi connectivity index (χ4n) is 2.41. The van der Waals surface area contributed by atoms with Crippen molar-refractivity contribution < 1.29 is 9.18 Å². The molecule has 0 heterocycles. The molecule has 3 nitrogen and oxygen atoms in total. The van der Waals surface area contributed by atoms with E-state index in [2.05, 4.69) is 5.32 Å². The highest BCUT2D eigenvalue weighted by molar-refractivity contribution is 6.31. The second kappa shape index (κ2) is 8.09. The summed E-state index contributed by atoms with van der Waals surface area (Å²) in [7, 11) is 3.91. The third-order valence-corrected chi connectivity index (χ3v) is 4.05. The highest BCUT2D eigenvalue weighted by Crippen LogP contribution is 2.20. The number of hydrogen-bond acceptors (Lipinski definition) is 2. The van der Waals surface area contributed by atoms with Crippen molar-refractivity contribution in [2.45, 2.75) is 12.5 Å². The van der Waals surface area contributed by atoms with Crippen LogP contribution in [0.3, 0.4) is 0 Å². The van der Waals surface area contributed by atoms with Crippen LogP contribution in [0.25, 0.3) is 0 Å². The summed E-state index contributed by atoms with van der Waals surface area (Å²) >= 11 is 5.95. The van der Waals surface area contributed by atoms with Gasteiger partial charge in [0.1, 0.15) is 5.82 Å². The molecule has 5 heteroatoms. The first-order chi connectivity index (χ1) is 11.0. The van der Waals surface area contributed by atoms with Gasteiger partial charge < -0.3 is 10.2 Å². The van der Waals surface area contributed by atoms with Gasteiger partial charge in [-0.25, -0.2) is 4.39 Å². The number of nitrogens with zero attached hydrogens (tertiary/aromatic N) is 1. The molecule has 0 aliphatic carbocycles. The lowest BCUT2D eigenvalue weighted by Gasteiger charge is -2.25. The number of carbonyl (C=O) groups is 1. The lowest BCUT2D eigenvalue weighted by molar-refractivity contribution is -0.120. The van der Waals surface area contributed by atoms with E-state index in [1.165, 1.54) is 12.1 Å². The Hall–Kier alpha value is -1.91. The average Bonchev–Trinajstić information content (AvgIpc) is 2.52. The summed E-state index contributed by atoms with van der Waals surface area (Å²) in [5.41, 5.74) is 1.34. The first kappa shape index (κ1) is 17.4. The van der Waals surface area contributed by atoms with Gasteiger partial charge in [0.25, 0.3) is 0 Å². The predicted molar refractivity (Wildman–Crippen MR) is 91.0 cm³/mol. The van der Waals surface area contributed by atoms with Crippen LogP contribution >= 0.6 is 11.6 Å². The molecule has 0 fully saturated rings. The predicted octanol–water partition coefficient (Wildman–Crippen LogP) is 3.44. The van der Waals surface area contributed by atoms with E-state index in [1.54, 1.807) is 6.07 Å². The minimum absolute atomic E-state index is 0.0521. The van der Waals surface area contributed by atoms with Crippen molar-refractivity contribution >= 4 is 17.5 Å². The van der Waals surface area contributed by atoms with Crippen LogP contribution in [0.2, 0.25) is 5.02 Å². The largest absolute Gasteiger partial charge is 0.354 e. The van der Waals surface area contributed by atoms with Crippen molar-refractivity contribution in [2.24, 2.45) is 0 Å². The van der Waals surface area contributed by atoms with E-state index in [4.69, 9.17) is 11.6 Å². The number of rotatable bonds is 6. The van der Waals surface area contributed by atoms with Crippen LogP contribution in [0.4, 0.5) is 4.39 Å². The molecule has 0 bridgehead atoms. The number of carbonyl (C=O) groups excluding carboxylic acids is 1. The molecule has 2 aromatic rings. The van der Waals surface area contributed by atoms with Crippen LogP contribution in [-0.4, -0.2) is 31.4 Å². The summed E-state index contributed by atoms with van der Waals surface area (Å²) in [6.07, 6.45) is -0.0690. The quantitative estimate of drug-likeness (QED) is 0.877. The normalized spacial score (nSPS) is 12.2. The summed E-state index contributed by atoms with van der Waals surface area (Å²) in [5.74, 6) is -0.709. The molecule has 0 aliphatic rings. The minimum Gasteiger partial charge on any atom is -0.354 e. The van der Waals surface area contributed by atoms with E-state index < -0.39 is 5.82 Å². The van der Waals surface area contributed by atoms with Crippen molar-refractivity contribution in [3.8, 4) is 0 Å². The maximum Gasteiger partial charge on any atom is 0.224 e. The van der Waals surface area contributed by atoms with Gasteiger partial charge in [0.05, 0.1) is 12.5 Å². The van der Waals surface area contributed by atoms with Crippen LogP contribution in [0.5, 0.6) is 0 Å². The van der Waals surface area contributed by atoms with Crippen molar-refractivity contribution in [2.75, 3.05) is 20.6 Å². The second-order valence-electron chi connectivity index (χ2n) is 5.57. The minimum atomic E-state index is -0.458. The van der Waals surface area contributed by atoms with Gasteiger partial charge in [-0.1, -0.05) is 48.0 Å². The van der Waals surface area contributed by atoms with Gasteiger partial charge in [0.2, 0.25) is 5.91 Å². The zero-order valence-electron chi connectivity index (χ0n) is 13.2. The molecule has 0 aromatic heterocycles. The Balaban J connectivity index is 2.00. The van der Waals surface area contributed by atoms with E-state index in [1.807, 2.05) is 49.3 Å². The van der Waals surface area contributed by atoms with Crippen LogP contribution in [0, 0.1) is 5.82 Å². The van der Waals surface area contributed by atoms with E-state index in [0.29, 0.717) is 6.54 Å². The zero-order valence-corrected chi connectivity index (χ0v) is 14.0. The highest BCUT2D eigenvalue weighted by Gasteiger charge is 2.16. The van der Waals surface area contributed by atoms with Crippen molar-refractivity contribution in [3.05, 3.63) is 70.5 Å². The first-order valence-corrected chi connectivity index (χ1v) is 7.77. The zero-order chi connectivity index (χ0) is 16.8. The number of amides is 1. The fourth-order valence-corrected chi connectivity index (χ4v) is 2.64. The Labute approximate surface area is 141 Å². The monoisotopic (exact) mass is 334 g/mol. The SMILES string of the molecule is CN(C)C(CNC(=O)Cc1c(F)cccc1Cl)c1ccccc1. The van der Waals surface area contributed by atoms with Crippen molar-refractivity contribution in [1.82, 2.24) is 10.2 Å². The van der Waals surface area contributed by atoms with Crippen molar-refractivity contribution in [3.63, 3.8) is 0 Å². The molecule has 2 rings (SSSR count). The smallest absolute Gasteiger partial charge is 0.224 e. The highest BCUT2D eigenvalue weighted by atomic mass is 35.5. The van der Waals surface area contributed by atoms with Crippen LogP contribution in [0.1, 0.15) is 17.2 Å². The van der Waals surface area contributed by atoms with Gasteiger partial charge in [0.15, 0.2) is 0 Å². The molecule has 0 saturated carbocycles. The number of hydrogen-bond donors (Lipinski definition) is 1. The Morgan fingerprint density at radius 3 is 2.48 bits per heavy atom. The molecule has 2 aromatic carbocycles. The summed E-state index contributed by atoms with van der Waals surface area (Å²) in [6.45, 7) is 0.446. The molecular formula is C18H20ClFN2O. The summed E-state index contributed by atoms with van der Waals surface area (Å²) in [4.78, 5) is 14.2. The van der Waals surface area contributed by atoms with Gasteiger partial charge in [0, 0.05) is 17.1 Å². The van der Waals surface area contributed by atoms with Gasteiger partial charge in [-0.05, 0) is 31.8 Å². The molecule has 1 atom stereocenters. The van der Waals surface area contributed by atoms with Gasteiger partial charge in [-0.3, -0.25) is 4.79 Å². The number of benzene rings is 2. The molecule has 0 radical (unpaired) electrons. The molecular weight excluding hydrogens is 315 g/mol. The van der Waals surface area contributed by atoms with Crippen LogP contribution in [0.15, 0.2) is 48.5 Å². The maximum absolute atomic E-state index is 13.7. The van der Waals surface area contributed by atoms with Gasteiger partial charge in [-0.15, -0.1) is 0 Å². The van der Waals surface area contributed by atoms with Gasteiger partial charge in [-0.2, -0.15) is 0 Å². The molecule has 1 unspecified atom stereocenters. The Morgan fingerprint density at radius 1 is 1.17 bits per heavy atom. The van der Waals surface area contributed by atoms with E-state index >= 15 is 0 Å². The number of nitrogens with one attached hydrogen (secondary N) is 1. The Bertz CT molecular complexity index is 641. The van der Waals surface area contributed by atoms with Crippen molar-refractivity contribution in [1.29, 1.82) is 0 Å². The van der Waals surface area contributed by atoms with Gasteiger partial charge >= 0.3 is 0 Å². The average molecular weight is 335 g/mol. The van der Waals surface area contributed by atoms with Crippen LogP contribution in [-0.2, 0) is 11.2 Å². The molecule has 1 amide bonds. The fraction of sp³-hybridized carbons (Fsp3) is 0.278. The molecule has 0 saturated heterocycles. The molecule has 0 spiro atoms. The Kier molecular flexibility index (Phi) is 6.13. The second-order valence-corrected chi connectivity index (χ2v) is 5.98. The standard InChI is InChI=1S/C18H20ClFN2O/c1-22(2)17(13-7-4-3-5-8-13)12-21-18(23)11-14-15(19)9-6-10-16(14)20/h3-10,17H,11-12H2,1-2H3,(H,21,23). The lowest BCUT2D eigenvalue weighted by Crippen LogP contribution is -2.35. The molecule has 0 aliphatic heterocycles. The van der Waals surface area contributed by atoms with E-state index in [9.17, 15) is 9.18 Å². The third-order valence-electron chi connectivity index (χ3n) is 3.70. The van der Waals surface area contributed by atoms with Crippen LogP contribution < -0.4 is 5.32 Å². The Morgan fingerprint density at radius 2 is 1.87 bits per heavy atom. The summed E-state index contributed by atoms with van der Waals surface area (Å²) in [6, 6.07) is 14.4. The third kappa shape index (κ3) is 4.78. The first-order valence-electron chi connectivity index (χ1n) is 7.40. The summed E-state index contributed by atoms with van der Waals surface area (Å²) in [5, 5.41) is 3.13. The topological polar surface area (TPSA) is 32.3 Å². The number of halogens is 2. The van der Waals surface area contributed by atoms with E-state index in [-0.39, 0.29) is 29.0 Å².